The van der Waals surface area contributed by atoms with Gasteiger partial charge in [-0.3, -0.25) is 4.79 Å². The predicted molar refractivity (Wildman–Crippen MR) is 72.5 cm³/mol. The van der Waals surface area contributed by atoms with E-state index >= 15 is 0 Å². The van der Waals surface area contributed by atoms with E-state index in [-0.39, 0.29) is 23.7 Å². The van der Waals surface area contributed by atoms with Gasteiger partial charge in [0.25, 0.3) is 5.91 Å². The van der Waals surface area contributed by atoms with Crippen LogP contribution in [0.3, 0.4) is 0 Å². The number of hydrogen-bond donors (Lipinski definition) is 0. The lowest BCUT2D eigenvalue weighted by atomic mass is 9.97. The lowest BCUT2D eigenvalue weighted by Gasteiger charge is -2.24. The van der Waals surface area contributed by atoms with E-state index in [0.29, 0.717) is 19.8 Å². The topological polar surface area (TPSA) is 69.5 Å². The highest BCUT2D eigenvalue weighted by molar-refractivity contribution is 5.81. The molecule has 1 amide bonds. The van der Waals surface area contributed by atoms with E-state index in [2.05, 4.69) is 10.2 Å². The predicted octanol–water partition coefficient (Wildman–Crippen LogP) is 0.390. The van der Waals surface area contributed by atoms with Crippen molar-refractivity contribution in [2.75, 3.05) is 26.3 Å². The molecule has 0 bridgehead atoms. The van der Waals surface area contributed by atoms with Crippen LogP contribution in [0.2, 0.25) is 0 Å². The molecular weight excluding hydrogens is 272 g/mol. The third-order valence-corrected chi connectivity index (χ3v) is 4.88. The van der Waals surface area contributed by atoms with E-state index in [0.717, 1.165) is 32.2 Å². The molecule has 3 atom stereocenters. The van der Waals surface area contributed by atoms with Gasteiger partial charge in [0.05, 0.1) is 18.2 Å². The minimum atomic E-state index is -0.227. The first-order chi connectivity index (χ1) is 10.3. The van der Waals surface area contributed by atoms with Crippen molar-refractivity contribution in [2.45, 2.75) is 43.4 Å². The summed E-state index contributed by atoms with van der Waals surface area (Å²) < 4.78 is 13.6. The Morgan fingerprint density at radius 2 is 2.19 bits per heavy atom. The lowest BCUT2D eigenvalue weighted by Crippen LogP contribution is -2.40. The molecule has 0 saturated carbocycles. The summed E-state index contributed by atoms with van der Waals surface area (Å²) in [4.78, 5) is 14.3. The molecule has 1 aromatic heterocycles. The van der Waals surface area contributed by atoms with Gasteiger partial charge in [0, 0.05) is 26.1 Å². The molecular formula is C14H20N4O3. The molecule has 21 heavy (non-hydrogen) atoms. The average molecular weight is 292 g/mol. The highest BCUT2D eigenvalue weighted by atomic mass is 16.5. The van der Waals surface area contributed by atoms with Crippen LogP contribution in [0.15, 0.2) is 12.7 Å². The van der Waals surface area contributed by atoms with Crippen molar-refractivity contribution in [3.05, 3.63) is 12.7 Å². The molecule has 0 unspecified atom stereocenters. The van der Waals surface area contributed by atoms with Gasteiger partial charge in [-0.15, -0.1) is 10.2 Å². The lowest BCUT2D eigenvalue weighted by molar-refractivity contribution is -0.140. The van der Waals surface area contributed by atoms with E-state index in [4.69, 9.17) is 9.47 Å². The van der Waals surface area contributed by atoms with Crippen LogP contribution in [0.5, 0.6) is 0 Å². The monoisotopic (exact) mass is 292 g/mol. The van der Waals surface area contributed by atoms with Crippen LogP contribution in [0, 0.1) is 0 Å². The minimum Gasteiger partial charge on any atom is -0.371 e. The Hall–Kier alpha value is -1.47. The Morgan fingerprint density at radius 3 is 2.95 bits per heavy atom. The van der Waals surface area contributed by atoms with Gasteiger partial charge in [-0.25, -0.2) is 0 Å². The Kier molecular flexibility index (Phi) is 3.19. The third-order valence-electron chi connectivity index (χ3n) is 4.88. The Labute approximate surface area is 123 Å². The molecule has 0 aromatic carbocycles. The van der Waals surface area contributed by atoms with Gasteiger partial charge in [0.2, 0.25) is 0 Å². The Morgan fingerprint density at radius 1 is 1.33 bits per heavy atom. The quantitative estimate of drug-likeness (QED) is 0.788. The Balaban J connectivity index is 1.40. The standard InChI is InChI=1S/C14H20N4O3/c19-13(12-2-1-5-20-12)17-4-3-14(8-17)6-11(7-21-14)18-9-15-16-10-18/h9-12H,1-8H2/t11-,12-,14-/m1/s1. The van der Waals surface area contributed by atoms with Crippen molar-refractivity contribution in [1.82, 2.24) is 19.7 Å². The van der Waals surface area contributed by atoms with Crippen molar-refractivity contribution in [3.8, 4) is 0 Å². The molecule has 3 saturated heterocycles. The maximum Gasteiger partial charge on any atom is 0.251 e. The van der Waals surface area contributed by atoms with Crippen LogP contribution in [0.25, 0.3) is 0 Å². The summed E-state index contributed by atoms with van der Waals surface area (Å²) in [6, 6.07) is 0.276. The van der Waals surface area contributed by atoms with E-state index in [9.17, 15) is 4.79 Å². The van der Waals surface area contributed by atoms with E-state index in [1.54, 1.807) is 12.7 Å². The molecule has 3 fully saturated rings. The van der Waals surface area contributed by atoms with Crippen LogP contribution in [0.4, 0.5) is 0 Å². The summed E-state index contributed by atoms with van der Waals surface area (Å²) >= 11 is 0. The summed E-state index contributed by atoms with van der Waals surface area (Å²) in [5.41, 5.74) is -0.191. The number of hydrogen-bond acceptors (Lipinski definition) is 5. The second kappa shape index (κ2) is 5.06. The maximum atomic E-state index is 12.4. The molecule has 0 radical (unpaired) electrons. The van der Waals surface area contributed by atoms with E-state index in [1.165, 1.54) is 0 Å². The van der Waals surface area contributed by atoms with Crippen molar-refractivity contribution < 1.29 is 14.3 Å². The third kappa shape index (κ3) is 2.34. The number of ether oxygens (including phenoxy) is 2. The minimum absolute atomic E-state index is 0.140. The first-order valence-electron chi connectivity index (χ1n) is 7.64. The first kappa shape index (κ1) is 13.2. The number of likely N-dealkylation sites (tertiary alicyclic amines) is 1. The molecule has 3 aliphatic rings. The van der Waals surface area contributed by atoms with Crippen molar-refractivity contribution in [3.63, 3.8) is 0 Å². The van der Waals surface area contributed by atoms with Gasteiger partial charge in [-0.05, 0) is 19.3 Å². The fourth-order valence-electron chi connectivity index (χ4n) is 3.70. The number of nitrogens with zero attached hydrogens (tertiary/aromatic N) is 4. The van der Waals surface area contributed by atoms with Crippen LogP contribution in [0.1, 0.15) is 31.7 Å². The zero-order chi connectivity index (χ0) is 14.3. The van der Waals surface area contributed by atoms with Crippen LogP contribution in [-0.2, 0) is 14.3 Å². The largest absolute Gasteiger partial charge is 0.371 e. The molecule has 114 valence electrons. The van der Waals surface area contributed by atoms with Gasteiger partial charge < -0.3 is 18.9 Å². The molecule has 7 heteroatoms. The normalized spacial score (nSPS) is 35.9. The molecule has 4 heterocycles. The summed E-state index contributed by atoms with van der Waals surface area (Å²) in [5.74, 6) is 0.140. The fraction of sp³-hybridized carbons (Fsp3) is 0.786. The fourth-order valence-corrected chi connectivity index (χ4v) is 3.70. The van der Waals surface area contributed by atoms with Crippen molar-refractivity contribution in [1.29, 1.82) is 0 Å². The number of carbonyl (C=O) groups is 1. The average Bonchev–Trinajstić information content (AvgIpc) is 3.29. The number of aromatic nitrogens is 3. The van der Waals surface area contributed by atoms with Gasteiger partial charge in [0.1, 0.15) is 18.8 Å². The van der Waals surface area contributed by atoms with Gasteiger partial charge in [-0.1, -0.05) is 0 Å². The second-order valence-corrected chi connectivity index (χ2v) is 6.27. The number of carbonyl (C=O) groups excluding carboxylic acids is 1. The van der Waals surface area contributed by atoms with E-state index in [1.807, 2.05) is 9.47 Å². The molecule has 3 aliphatic heterocycles. The number of amides is 1. The maximum absolute atomic E-state index is 12.4. The van der Waals surface area contributed by atoms with E-state index < -0.39 is 0 Å². The molecule has 4 rings (SSSR count). The zero-order valence-corrected chi connectivity index (χ0v) is 12.0. The van der Waals surface area contributed by atoms with Gasteiger partial charge >= 0.3 is 0 Å². The summed E-state index contributed by atoms with van der Waals surface area (Å²) in [5, 5.41) is 7.71. The molecule has 1 aromatic rings. The zero-order valence-electron chi connectivity index (χ0n) is 12.0. The van der Waals surface area contributed by atoms with Gasteiger partial charge in [-0.2, -0.15) is 0 Å². The molecule has 0 N–H and O–H groups in total. The molecule has 0 aliphatic carbocycles. The first-order valence-corrected chi connectivity index (χ1v) is 7.64. The Bertz CT molecular complexity index is 514. The highest BCUT2D eigenvalue weighted by Gasteiger charge is 2.48. The smallest absolute Gasteiger partial charge is 0.251 e. The van der Waals surface area contributed by atoms with Gasteiger partial charge in [0.15, 0.2) is 0 Å². The van der Waals surface area contributed by atoms with Crippen LogP contribution >= 0.6 is 0 Å². The van der Waals surface area contributed by atoms with Crippen LogP contribution < -0.4 is 0 Å². The second-order valence-electron chi connectivity index (χ2n) is 6.27. The highest BCUT2D eigenvalue weighted by Crippen LogP contribution is 2.40. The summed E-state index contributed by atoms with van der Waals surface area (Å²) in [7, 11) is 0. The van der Waals surface area contributed by atoms with Crippen molar-refractivity contribution in [2.24, 2.45) is 0 Å². The van der Waals surface area contributed by atoms with Crippen LogP contribution in [-0.4, -0.2) is 63.6 Å². The SMILES string of the molecule is O=C([C@H]1CCCO1)N1CC[C@@]2(C[C@@H](n3cnnc3)CO2)C1. The number of rotatable bonds is 2. The summed E-state index contributed by atoms with van der Waals surface area (Å²) in [6.45, 7) is 2.83. The summed E-state index contributed by atoms with van der Waals surface area (Å²) in [6.07, 6.45) is 6.91. The van der Waals surface area contributed by atoms with Crippen molar-refractivity contribution >= 4 is 5.91 Å². The molecule has 1 spiro atoms. The molecule has 7 nitrogen and oxygen atoms in total.